The summed E-state index contributed by atoms with van der Waals surface area (Å²) >= 11 is 0. The summed E-state index contributed by atoms with van der Waals surface area (Å²) in [6.45, 7) is 3.29. The van der Waals surface area contributed by atoms with Crippen LogP contribution in [-0.4, -0.2) is 14.7 Å². The number of aryl methyl sites for hydroxylation is 1. The quantitative estimate of drug-likeness (QED) is 0.777. The summed E-state index contributed by atoms with van der Waals surface area (Å²) in [5.74, 6) is 0. The van der Waals surface area contributed by atoms with Gasteiger partial charge in [-0.15, -0.1) is 0 Å². The fourth-order valence-electron chi connectivity index (χ4n) is 2.12. The molecule has 92 valence electrons. The van der Waals surface area contributed by atoms with Gasteiger partial charge < -0.3 is 9.67 Å². The number of nitrogens with zero attached hydrogens (tertiary/aromatic N) is 2. The van der Waals surface area contributed by atoms with Crippen LogP contribution in [0.1, 0.15) is 38.3 Å². The molecule has 0 saturated carbocycles. The highest BCUT2D eigenvalue weighted by Gasteiger charge is 2.02. The van der Waals surface area contributed by atoms with E-state index in [9.17, 15) is 0 Å². The van der Waals surface area contributed by atoms with E-state index in [-0.39, 0.29) is 6.61 Å². The molecule has 0 unspecified atom stereocenters. The molecule has 0 radical (unpaired) electrons. The first kappa shape index (κ1) is 12.1. The molecule has 0 fully saturated rings. The molecule has 2 heterocycles. The fraction of sp³-hybridized carbons (Fsp3) is 0.500. The lowest BCUT2D eigenvalue weighted by Gasteiger charge is -2.05. The minimum absolute atomic E-state index is 0.0109. The topological polar surface area (TPSA) is 38.0 Å². The standard InChI is InChI=1S/C14H20N2O/c1-2-3-4-5-7-16-8-6-12-10-15-13(11-17)9-14(12)16/h6,8-10,17H,2-5,7,11H2,1H3. The zero-order valence-electron chi connectivity index (χ0n) is 10.4. The molecule has 0 atom stereocenters. The number of aliphatic hydroxyl groups excluding tert-OH is 1. The summed E-state index contributed by atoms with van der Waals surface area (Å²) in [7, 11) is 0. The average molecular weight is 232 g/mol. The minimum Gasteiger partial charge on any atom is -0.390 e. The Labute approximate surface area is 102 Å². The summed E-state index contributed by atoms with van der Waals surface area (Å²) in [5.41, 5.74) is 1.92. The Morgan fingerprint density at radius 3 is 2.94 bits per heavy atom. The van der Waals surface area contributed by atoms with Crippen molar-refractivity contribution in [3.8, 4) is 0 Å². The van der Waals surface area contributed by atoms with Crippen molar-refractivity contribution in [3.05, 3.63) is 30.2 Å². The van der Waals surface area contributed by atoms with E-state index in [1.165, 1.54) is 31.2 Å². The first-order chi connectivity index (χ1) is 8.35. The normalized spacial score (nSPS) is 11.2. The third-order valence-electron chi connectivity index (χ3n) is 3.13. The van der Waals surface area contributed by atoms with E-state index in [0.717, 1.165) is 17.6 Å². The van der Waals surface area contributed by atoms with Gasteiger partial charge in [0.15, 0.2) is 0 Å². The Bertz CT molecular complexity index is 476. The Kier molecular flexibility index (Phi) is 4.15. The molecule has 0 aliphatic rings. The number of hydrogen-bond acceptors (Lipinski definition) is 2. The molecule has 17 heavy (non-hydrogen) atoms. The molecule has 0 spiro atoms. The van der Waals surface area contributed by atoms with E-state index in [0.29, 0.717) is 0 Å². The molecule has 2 aromatic rings. The smallest absolute Gasteiger partial charge is 0.0853 e. The third-order valence-corrected chi connectivity index (χ3v) is 3.13. The van der Waals surface area contributed by atoms with Crippen LogP contribution in [-0.2, 0) is 13.2 Å². The first-order valence-electron chi connectivity index (χ1n) is 6.39. The van der Waals surface area contributed by atoms with Crippen molar-refractivity contribution in [3.63, 3.8) is 0 Å². The summed E-state index contributed by atoms with van der Waals surface area (Å²) in [4.78, 5) is 4.19. The molecule has 2 aromatic heterocycles. The molecule has 0 bridgehead atoms. The maximum absolute atomic E-state index is 9.10. The number of unbranched alkanes of at least 4 members (excludes halogenated alkanes) is 3. The molecule has 3 heteroatoms. The second kappa shape index (κ2) is 5.82. The van der Waals surface area contributed by atoms with Crippen molar-refractivity contribution >= 4 is 10.9 Å². The van der Waals surface area contributed by atoms with E-state index < -0.39 is 0 Å². The van der Waals surface area contributed by atoms with Crippen LogP contribution in [0.3, 0.4) is 0 Å². The summed E-state index contributed by atoms with van der Waals surface area (Å²) in [5, 5.41) is 10.3. The van der Waals surface area contributed by atoms with Crippen molar-refractivity contribution in [1.29, 1.82) is 0 Å². The molecule has 0 aliphatic heterocycles. The molecule has 0 amide bonds. The van der Waals surface area contributed by atoms with Crippen molar-refractivity contribution < 1.29 is 5.11 Å². The van der Waals surface area contributed by atoms with E-state index in [4.69, 9.17) is 5.11 Å². The van der Waals surface area contributed by atoms with Crippen LogP contribution in [0.15, 0.2) is 24.5 Å². The van der Waals surface area contributed by atoms with Crippen LogP contribution in [0.25, 0.3) is 10.9 Å². The van der Waals surface area contributed by atoms with Crippen molar-refractivity contribution in [2.45, 2.75) is 45.8 Å². The lowest BCUT2D eigenvalue weighted by molar-refractivity contribution is 0.277. The van der Waals surface area contributed by atoms with E-state index >= 15 is 0 Å². The van der Waals surface area contributed by atoms with Gasteiger partial charge in [-0.25, -0.2) is 0 Å². The summed E-state index contributed by atoms with van der Waals surface area (Å²) in [6.07, 6.45) is 9.03. The van der Waals surface area contributed by atoms with Gasteiger partial charge in [-0.2, -0.15) is 0 Å². The van der Waals surface area contributed by atoms with Crippen LogP contribution in [0.4, 0.5) is 0 Å². The minimum atomic E-state index is 0.0109. The molecule has 3 nitrogen and oxygen atoms in total. The highest BCUT2D eigenvalue weighted by Crippen LogP contribution is 2.17. The van der Waals surface area contributed by atoms with Gasteiger partial charge in [0.05, 0.1) is 17.8 Å². The van der Waals surface area contributed by atoms with Gasteiger partial charge in [0.2, 0.25) is 0 Å². The number of aromatic nitrogens is 2. The molecule has 0 aromatic carbocycles. The second-order valence-corrected chi connectivity index (χ2v) is 4.46. The highest BCUT2D eigenvalue weighted by molar-refractivity contribution is 5.79. The van der Waals surface area contributed by atoms with Crippen LogP contribution in [0, 0.1) is 0 Å². The van der Waals surface area contributed by atoms with Gasteiger partial charge in [0, 0.05) is 24.3 Å². The number of rotatable bonds is 6. The fourth-order valence-corrected chi connectivity index (χ4v) is 2.12. The lowest BCUT2D eigenvalue weighted by Crippen LogP contribution is -1.97. The van der Waals surface area contributed by atoms with E-state index in [2.05, 4.69) is 28.7 Å². The van der Waals surface area contributed by atoms with Gasteiger partial charge in [-0.05, 0) is 18.6 Å². The summed E-state index contributed by atoms with van der Waals surface area (Å²) < 4.78 is 2.26. The third kappa shape index (κ3) is 2.86. The van der Waals surface area contributed by atoms with Gasteiger partial charge in [0.25, 0.3) is 0 Å². The average Bonchev–Trinajstić information content (AvgIpc) is 2.77. The van der Waals surface area contributed by atoms with Crippen molar-refractivity contribution in [2.75, 3.05) is 0 Å². The van der Waals surface area contributed by atoms with Gasteiger partial charge >= 0.3 is 0 Å². The maximum Gasteiger partial charge on any atom is 0.0853 e. The zero-order valence-corrected chi connectivity index (χ0v) is 10.4. The van der Waals surface area contributed by atoms with Crippen molar-refractivity contribution in [2.24, 2.45) is 0 Å². The molecule has 0 saturated heterocycles. The van der Waals surface area contributed by atoms with Crippen LogP contribution < -0.4 is 0 Å². The Balaban J connectivity index is 2.11. The maximum atomic E-state index is 9.10. The molecular formula is C14H20N2O. The Morgan fingerprint density at radius 1 is 1.29 bits per heavy atom. The predicted octanol–water partition coefficient (Wildman–Crippen LogP) is 3.11. The van der Waals surface area contributed by atoms with Crippen LogP contribution in [0.5, 0.6) is 0 Å². The highest BCUT2D eigenvalue weighted by atomic mass is 16.3. The summed E-state index contributed by atoms with van der Waals surface area (Å²) in [6, 6.07) is 4.07. The monoisotopic (exact) mass is 232 g/mol. The first-order valence-corrected chi connectivity index (χ1v) is 6.39. The number of aliphatic hydroxyl groups is 1. The van der Waals surface area contributed by atoms with E-state index in [1.54, 1.807) is 0 Å². The molecule has 2 rings (SSSR count). The lowest BCUT2D eigenvalue weighted by atomic mass is 10.2. The van der Waals surface area contributed by atoms with Crippen LogP contribution in [0.2, 0.25) is 0 Å². The number of hydrogen-bond donors (Lipinski definition) is 1. The Hall–Kier alpha value is -1.35. The van der Waals surface area contributed by atoms with Crippen molar-refractivity contribution in [1.82, 2.24) is 9.55 Å². The van der Waals surface area contributed by atoms with Gasteiger partial charge in [-0.3, -0.25) is 4.98 Å². The predicted molar refractivity (Wildman–Crippen MR) is 69.8 cm³/mol. The Morgan fingerprint density at radius 2 is 2.18 bits per heavy atom. The van der Waals surface area contributed by atoms with E-state index in [1.807, 2.05) is 12.3 Å². The van der Waals surface area contributed by atoms with Crippen LogP contribution >= 0.6 is 0 Å². The number of fused-ring (bicyclic) bond motifs is 1. The largest absolute Gasteiger partial charge is 0.390 e. The molecule has 1 N–H and O–H groups in total. The molecular weight excluding hydrogens is 212 g/mol. The molecule has 0 aliphatic carbocycles. The number of pyridine rings is 1. The zero-order chi connectivity index (χ0) is 12.1. The van der Waals surface area contributed by atoms with Gasteiger partial charge in [0.1, 0.15) is 0 Å². The second-order valence-electron chi connectivity index (χ2n) is 4.46. The SMILES string of the molecule is CCCCCCn1ccc2cnc(CO)cc21. The van der Waals surface area contributed by atoms with Gasteiger partial charge in [-0.1, -0.05) is 26.2 Å².